The number of amidine groups is 1. The SMILES string of the molecule is N=C(N)c1ccc([AsH2])c([AsH2])c1. The molecule has 0 radical (unpaired) electrons. The molecule has 0 saturated heterocycles. The van der Waals surface area contributed by atoms with E-state index in [1.165, 1.54) is 8.70 Å². The van der Waals surface area contributed by atoms with E-state index in [-0.39, 0.29) is 5.84 Å². The molecule has 2 unspecified atom stereocenters. The first-order valence-electron chi connectivity index (χ1n) is 3.10. The molecular formula is C7H10As2N2. The molecule has 1 aromatic rings. The van der Waals surface area contributed by atoms with Crippen molar-refractivity contribution in [2.45, 2.75) is 0 Å². The van der Waals surface area contributed by atoms with Crippen LogP contribution in [0.5, 0.6) is 0 Å². The van der Waals surface area contributed by atoms with Gasteiger partial charge in [-0.2, -0.15) is 0 Å². The fourth-order valence-electron chi connectivity index (χ4n) is 0.742. The first-order chi connectivity index (χ1) is 5.11. The van der Waals surface area contributed by atoms with Crippen molar-refractivity contribution in [3.63, 3.8) is 0 Å². The molecule has 0 fully saturated rings. The summed E-state index contributed by atoms with van der Waals surface area (Å²) in [6.45, 7) is 0. The van der Waals surface area contributed by atoms with Crippen LogP contribution in [-0.2, 0) is 0 Å². The van der Waals surface area contributed by atoms with Gasteiger partial charge in [0.15, 0.2) is 0 Å². The molecule has 0 aromatic heterocycles. The molecule has 58 valence electrons. The molecule has 3 N–H and O–H groups in total. The molecule has 0 heterocycles. The summed E-state index contributed by atoms with van der Waals surface area (Å²) in [7, 11) is 0. The average Bonchev–Trinajstić information content (AvgIpc) is 1.94. The van der Waals surface area contributed by atoms with E-state index in [1.807, 2.05) is 18.2 Å². The normalized spacial score (nSPS) is 9.64. The summed E-state index contributed by atoms with van der Waals surface area (Å²) in [6.07, 6.45) is 0. The maximum absolute atomic E-state index is 7.19. The van der Waals surface area contributed by atoms with Crippen LogP contribution in [0.1, 0.15) is 5.56 Å². The van der Waals surface area contributed by atoms with Crippen LogP contribution in [0.3, 0.4) is 0 Å². The third-order valence-corrected chi connectivity index (χ3v) is 5.02. The number of hydrogen-bond donors (Lipinski definition) is 2. The summed E-state index contributed by atoms with van der Waals surface area (Å²) in [4.78, 5) is 0. The Bertz CT molecular complexity index is 296. The topological polar surface area (TPSA) is 49.9 Å². The standard InChI is InChI=1S/C7H10As2N2/c8-5-2-1-4(7(10)11)3-6(5)9/h1-3H,8-9H2,(H3,10,11). The van der Waals surface area contributed by atoms with Crippen molar-refractivity contribution in [3.05, 3.63) is 23.8 Å². The summed E-state index contributed by atoms with van der Waals surface area (Å²) in [5.74, 6) is 0.149. The second-order valence-corrected chi connectivity index (χ2v) is 4.87. The van der Waals surface area contributed by atoms with Gasteiger partial charge in [-0.1, -0.05) is 0 Å². The van der Waals surface area contributed by atoms with Crippen LogP contribution in [0.4, 0.5) is 0 Å². The number of nitrogen functional groups attached to an aromatic ring is 1. The first-order valence-corrected chi connectivity index (χ1v) is 5.53. The Kier molecular flexibility index (Phi) is 2.81. The average molecular weight is 272 g/mol. The zero-order valence-corrected chi connectivity index (χ0v) is 10.8. The van der Waals surface area contributed by atoms with Crippen LogP contribution in [-0.4, -0.2) is 39.5 Å². The Balaban J connectivity index is 3.15. The van der Waals surface area contributed by atoms with Gasteiger partial charge >= 0.3 is 83.1 Å². The van der Waals surface area contributed by atoms with Gasteiger partial charge in [-0.25, -0.2) is 0 Å². The Morgan fingerprint density at radius 3 is 2.36 bits per heavy atom. The summed E-state index contributed by atoms with van der Waals surface area (Å²) in [5, 5.41) is 7.19. The third-order valence-electron chi connectivity index (χ3n) is 1.40. The maximum atomic E-state index is 7.19. The Morgan fingerprint density at radius 1 is 1.27 bits per heavy atom. The Labute approximate surface area is 83.1 Å². The third kappa shape index (κ3) is 2.12. The number of nitrogens with two attached hydrogens (primary N) is 1. The number of rotatable bonds is 1. The van der Waals surface area contributed by atoms with Crippen molar-refractivity contribution >= 4 is 48.2 Å². The quantitative estimate of drug-likeness (QED) is 0.331. The van der Waals surface area contributed by atoms with Gasteiger partial charge in [0, 0.05) is 0 Å². The van der Waals surface area contributed by atoms with E-state index in [2.05, 4.69) is 0 Å². The second-order valence-electron chi connectivity index (χ2n) is 2.26. The Morgan fingerprint density at radius 2 is 1.91 bits per heavy atom. The fraction of sp³-hybridized carbons (Fsp3) is 0. The van der Waals surface area contributed by atoms with Crippen molar-refractivity contribution in [2.75, 3.05) is 0 Å². The van der Waals surface area contributed by atoms with Gasteiger partial charge < -0.3 is 0 Å². The second kappa shape index (κ2) is 3.47. The van der Waals surface area contributed by atoms with Crippen LogP contribution < -0.4 is 14.4 Å². The van der Waals surface area contributed by atoms with E-state index in [4.69, 9.17) is 11.1 Å². The summed E-state index contributed by atoms with van der Waals surface area (Å²) in [6, 6.07) is 5.88. The molecule has 4 heteroatoms. The van der Waals surface area contributed by atoms with Gasteiger partial charge in [-0.05, 0) is 0 Å². The molecule has 0 aliphatic heterocycles. The van der Waals surface area contributed by atoms with Crippen LogP contribution in [0.25, 0.3) is 0 Å². The number of nitrogens with one attached hydrogen (secondary N) is 1. The van der Waals surface area contributed by atoms with Gasteiger partial charge in [-0.3, -0.25) is 0 Å². The van der Waals surface area contributed by atoms with Crippen LogP contribution in [0, 0.1) is 5.41 Å². The van der Waals surface area contributed by atoms with Gasteiger partial charge in [0.1, 0.15) is 0 Å². The van der Waals surface area contributed by atoms with Crippen molar-refractivity contribution in [3.8, 4) is 0 Å². The minimum absolute atomic E-state index is 0.149. The van der Waals surface area contributed by atoms with E-state index < -0.39 is 0 Å². The van der Waals surface area contributed by atoms with Crippen LogP contribution in [0.2, 0.25) is 0 Å². The molecule has 2 nitrogen and oxygen atoms in total. The van der Waals surface area contributed by atoms with E-state index >= 15 is 0 Å². The van der Waals surface area contributed by atoms with E-state index in [9.17, 15) is 0 Å². The molecular weight excluding hydrogens is 262 g/mol. The van der Waals surface area contributed by atoms with E-state index in [0.717, 1.165) is 5.56 Å². The van der Waals surface area contributed by atoms with Gasteiger partial charge in [0.25, 0.3) is 0 Å². The molecule has 1 rings (SSSR count). The molecule has 0 amide bonds. The van der Waals surface area contributed by atoms with E-state index in [1.54, 1.807) is 33.7 Å². The molecule has 11 heavy (non-hydrogen) atoms. The number of benzene rings is 1. The summed E-state index contributed by atoms with van der Waals surface area (Å²) < 4.78 is 2.59. The van der Waals surface area contributed by atoms with Gasteiger partial charge in [-0.15, -0.1) is 0 Å². The number of hydrogen-bond acceptors (Lipinski definition) is 1. The van der Waals surface area contributed by atoms with E-state index in [0.29, 0.717) is 0 Å². The molecule has 2 atom stereocenters. The minimum atomic E-state index is 0.149. The molecule has 1 aromatic carbocycles. The van der Waals surface area contributed by atoms with Gasteiger partial charge in [0.05, 0.1) is 0 Å². The molecule has 0 bridgehead atoms. The molecule has 0 aliphatic carbocycles. The summed E-state index contributed by atoms with van der Waals surface area (Å²) >= 11 is 3.20. The molecule has 0 saturated carbocycles. The zero-order valence-electron chi connectivity index (χ0n) is 5.96. The van der Waals surface area contributed by atoms with Crippen molar-refractivity contribution in [2.24, 2.45) is 5.73 Å². The van der Waals surface area contributed by atoms with Crippen LogP contribution >= 0.6 is 0 Å². The van der Waals surface area contributed by atoms with Crippen molar-refractivity contribution < 1.29 is 0 Å². The fourth-order valence-corrected chi connectivity index (χ4v) is 1.70. The zero-order chi connectivity index (χ0) is 8.43. The predicted octanol–water partition coefficient (Wildman–Crippen LogP) is -2.51. The summed E-state index contributed by atoms with van der Waals surface area (Å²) in [5.41, 5.74) is 6.15. The monoisotopic (exact) mass is 272 g/mol. The molecule has 0 spiro atoms. The first kappa shape index (κ1) is 8.90. The van der Waals surface area contributed by atoms with Crippen molar-refractivity contribution in [1.82, 2.24) is 0 Å². The Hall–Kier alpha value is -0.193. The van der Waals surface area contributed by atoms with Gasteiger partial charge in [0.2, 0.25) is 0 Å². The predicted molar refractivity (Wildman–Crippen MR) is 53.8 cm³/mol. The van der Waals surface area contributed by atoms with Crippen molar-refractivity contribution in [1.29, 1.82) is 5.41 Å². The van der Waals surface area contributed by atoms with Crippen LogP contribution in [0.15, 0.2) is 18.2 Å². The molecule has 0 aliphatic rings.